The van der Waals surface area contributed by atoms with E-state index >= 15 is 0 Å². The van der Waals surface area contributed by atoms with E-state index in [2.05, 4.69) is 21.5 Å². The van der Waals surface area contributed by atoms with Gasteiger partial charge in [0, 0.05) is 32.2 Å². The van der Waals surface area contributed by atoms with Crippen molar-refractivity contribution in [2.75, 3.05) is 26.2 Å². The van der Waals surface area contributed by atoms with Crippen LogP contribution in [0, 0.1) is 0 Å². The van der Waals surface area contributed by atoms with Crippen LogP contribution >= 0.6 is 24.8 Å². The summed E-state index contributed by atoms with van der Waals surface area (Å²) in [5.41, 5.74) is 2.23. The molecule has 1 aromatic rings. The molecule has 0 aromatic heterocycles. The van der Waals surface area contributed by atoms with Crippen LogP contribution in [0.4, 0.5) is 8.78 Å². The number of halogens is 4. The molecule has 0 saturated carbocycles. The average Bonchev–Trinajstić information content (AvgIpc) is 2.46. The minimum atomic E-state index is -2.78. The Kier molecular flexibility index (Phi) is 10.4. The lowest BCUT2D eigenvalue weighted by Gasteiger charge is -2.35. The van der Waals surface area contributed by atoms with Gasteiger partial charge in [-0.25, -0.2) is 0 Å². The van der Waals surface area contributed by atoms with E-state index in [1.807, 2.05) is 19.1 Å². The van der Waals surface area contributed by atoms with E-state index in [4.69, 9.17) is 0 Å². The summed E-state index contributed by atoms with van der Waals surface area (Å²) >= 11 is 0. The second-order valence-corrected chi connectivity index (χ2v) is 5.41. The summed E-state index contributed by atoms with van der Waals surface area (Å²) in [6.07, 6.45) is 0.870. The van der Waals surface area contributed by atoms with Gasteiger partial charge >= 0.3 is 6.61 Å². The number of rotatable bonds is 6. The third-order valence-corrected chi connectivity index (χ3v) is 3.62. The van der Waals surface area contributed by atoms with E-state index in [9.17, 15) is 8.78 Å². The fourth-order valence-electron chi connectivity index (χ4n) is 2.65. The first-order valence-electron chi connectivity index (χ1n) is 7.20. The second kappa shape index (κ2) is 10.8. The molecule has 1 saturated heterocycles. The second-order valence-electron chi connectivity index (χ2n) is 5.41. The van der Waals surface area contributed by atoms with Crippen LogP contribution < -0.4 is 10.1 Å². The van der Waals surface area contributed by atoms with Crippen molar-refractivity contribution in [2.45, 2.75) is 26.0 Å². The zero-order chi connectivity index (χ0) is 15.2. The van der Waals surface area contributed by atoms with Crippen LogP contribution in [-0.2, 0) is 0 Å². The Morgan fingerprint density at radius 1 is 1.22 bits per heavy atom. The first-order valence-corrected chi connectivity index (χ1v) is 7.20. The maximum Gasteiger partial charge on any atom is 0.387 e. The maximum absolute atomic E-state index is 12.2. The number of hydrogen-bond donors (Lipinski definition) is 1. The predicted octanol–water partition coefficient (Wildman–Crippen LogP) is 4.04. The van der Waals surface area contributed by atoms with Gasteiger partial charge in [-0.15, -0.1) is 31.4 Å². The van der Waals surface area contributed by atoms with Crippen molar-refractivity contribution in [3.63, 3.8) is 0 Å². The third-order valence-electron chi connectivity index (χ3n) is 3.62. The molecule has 0 radical (unpaired) electrons. The van der Waals surface area contributed by atoms with Crippen molar-refractivity contribution in [3.05, 3.63) is 42.0 Å². The molecule has 1 aromatic carbocycles. The van der Waals surface area contributed by atoms with E-state index < -0.39 is 6.61 Å². The lowest BCUT2D eigenvalue weighted by molar-refractivity contribution is -0.0498. The van der Waals surface area contributed by atoms with E-state index in [-0.39, 0.29) is 36.6 Å². The Morgan fingerprint density at radius 3 is 2.26 bits per heavy atom. The molecule has 0 bridgehead atoms. The van der Waals surface area contributed by atoms with Gasteiger partial charge in [0.2, 0.25) is 0 Å². The van der Waals surface area contributed by atoms with Crippen molar-refractivity contribution in [2.24, 2.45) is 0 Å². The van der Waals surface area contributed by atoms with Crippen LogP contribution in [0.3, 0.4) is 0 Å². The fourth-order valence-corrected chi connectivity index (χ4v) is 2.65. The van der Waals surface area contributed by atoms with Crippen LogP contribution in [0.2, 0.25) is 0 Å². The molecule has 1 atom stereocenters. The van der Waals surface area contributed by atoms with E-state index in [0.717, 1.165) is 43.7 Å². The zero-order valence-corrected chi connectivity index (χ0v) is 14.8. The predicted molar refractivity (Wildman–Crippen MR) is 94.2 cm³/mol. The molecule has 0 spiro atoms. The van der Waals surface area contributed by atoms with Crippen LogP contribution in [-0.4, -0.2) is 37.7 Å². The van der Waals surface area contributed by atoms with Crippen molar-refractivity contribution in [1.82, 2.24) is 10.2 Å². The summed E-state index contributed by atoms with van der Waals surface area (Å²) < 4.78 is 28.8. The van der Waals surface area contributed by atoms with Crippen LogP contribution in [0.1, 0.15) is 24.9 Å². The molecule has 2 rings (SSSR count). The van der Waals surface area contributed by atoms with Gasteiger partial charge in [0.25, 0.3) is 0 Å². The van der Waals surface area contributed by atoms with Crippen molar-refractivity contribution in [1.29, 1.82) is 0 Å². The van der Waals surface area contributed by atoms with Gasteiger partial charge in [-0.1, -0.05) is 17.7 Å². The number of piperazine rings is 1. The van der Waals surface area contributed by atoms with Gasteiger partial charge in [0.1, 0.15) is 5.75 Å². The molecule has 3 nitrogen and oxygen atoms in total. The highest BCUT2D eigenvalue weighted by atomic mass is 35.5. The van der Waals surface area contributed by atoms with Gasteiger partial charge < -0.3 is 10.1 Å². The van der Waals surface area contributed by atoms with Gasteiger partial charge in [-0.3, -0.25) is 4.90 Å². The van der Waals surface area contributed by atoms with Gasteiger partial charge in [-0.05, 0) is 31.0 Å². The highest BCUT2D eigenvalue weighted by Gasteiger charge is 2.22. The minimum absolute atomic E-state index is 0. The monoisotopic (exact) mass is 368 g/mol. The molecular formula is C16H24Cl2F2N2O. The molecule has 1 heterocycles. The summed E-state index contributed by atoms with van der Waals surface area (Å²) in [5, 5.41) is 3.34. The minimum Gasteiger partial charge on any atom is -0.435 e. The average molecular weight is 369 g/mol. The van der Waals surface area contributed by atoms with Gasteiger partial charge in [-0.2, -0.15) is 8.78 Å². The number of nitrogens with zero attached hydrogens (tertiary/aromatic N) is 1. The molecule has 7 heteroatoms. The SMILES string of the molecule is C=C(C)C[C@H](c1ccc(OC(F)F)cc1)N1CCNCC1.Cl.Cl. The van der Waals surface area contributed by atoms with E-state index in [1.54, 1.807) is 12.1 Å². The Hall–Kier alpha value is -0.880. The molecule has 23 heavy (non-hydrogen) atoms. The Morgan fingerprint density at radius 2 is 1.78 bits per heavy atom. The van der Waals surface area contributed by atoms with Crippen molar-refractivity contribution < 1.29 is 13.5 Å². The van der Waals surface area contributed by atoms with E-state index in [1.165, 1.54) is 0 Å². The number of benzene rings is 1. The summed E-state index contributed by atoms with van der Waals surface area (Å²) in [7, 11) is 0. The molecule has 0 amide bonds. The van der Waals surface area contributed by atoms with Crippen LogP contribution in [0.15, 0.2) is 36.4 Å². The fraction of sp³-hybridized carbons (Fsp3) is 0.500. The molecule has 132 valence electrons. The number of hydrogen-bond acceptors (Lipinski definition) is 3. The topological polar surface area (TPSA) is 24.5 Å². The molecule has 1 aliphatic heterocycles. The largest absolute Gasteiger partial charge is 0.435 e. The van der Waals surface area contributed by atoms with Gasteiger partial charge in [0.05, 0.1) is 0 Å². The Bertz CT molecular complexity index is 466. The standard InChI is InChI=1S/C16H22F2N2O.2ClH/c1-12(2)11-15(20-9-7-19-8-10-20)13-3-5-14(6-4-13)21-16(17)18;;/h3-6,15-16,19H,1,7-11H2,2H3;2*1H/t15-;;/m1../s1. The summed E-state index contributed by atoms with van der Waals surface area (Å²) in [6, 6.07) is 7.19. The highest BCUT2D eigenvalue weighted by Crippen LogP contribution is 2.29. The summed E-state index contributed by atoms with van der Waals surface area (Å²) in [4.78, 5) is 2.41. The molecule has 0 aliphatic carbocycles. The van der Waals surface area contributed by atoms with Crippen LogP contribution in [0.5, 0.6) is 5.75 Å². The summed E-state index contributed by atoms with van der Waals surface area (Å²) in [6.45, 7) is 7.14. The lowest BCUT2D eigenvalue weighted by atomic mass is 9.98. The number of alkyl halides is 2. The van der Waals surface area contributed by atoms with Crippen LogP contribution in [0.25, 0.3) is 0 Å². The molecule has 0 unspecified atom stereocenters. The smallest absolute Gasteiger partial charge is 0.387 e. The zero-order valence-electron chi connectivity index (χ0n) is 13.1. The Labute approximate surface area is 148 Å². The number of nitrogens with one attached hydrogen (secondary N) is 1. The third kappa shape index (κ3) is 7.04. The molecule has 1 N–H and O–H groups in total. The Balaban J connectivity index is 0.00000242. The van der Waals surface area contributed by atoms with E-state index in [0.29, 0.717) is 0 Å². The van der Waals surface area contributed by atoms with Gasteiger partial charge in [0.15, 0.2) is 0 Å². The van der Waals surface area contributed by atoms with Crippen molar-refractivity contribution in [3.8, 4) is 5.75 Å². The highest BCUT2D eigenvalue weighted by molar-refractivity contribution is 5.85. The number of ether oxygens (including phenoxy) is 1. The normalized spacial score (nSPS) is 16.2. The quantitative estimate of drug-likeness (QED) is 0.766. The summed E-state index contributed by atoms with van der Waals surface area (Å²) in [5.74, 6) is 0.197. The molecule has 1 fully saturated rings. The lowest BCUT2D eigenvalue weighted by Crippen LogP contribution is -2.45. The maximum atomic E-state index is 12.2. The molecular weight excluding hydrogens is 345 g/mol. The first-order chi connectivity index (χ1) is 10.1. The first kappa shape index (κ1) is 22.1. The molecule has 1 aliphatic rings. The van der Waals surface area contributed by atoms with Crippen molar-refractivity contribution >= 4 is 24.8 Å².